The van der Waals surface area contributed by atoms with Crippen molar-refractivity contribution in [1.29, 1.82) is 0 Å². The van der Waals surface area contributed by atoms with Crippen LogP contribution in [0.3, 0.4) is 0 Å². The molecule has 0 spiro atoms. The smallest absolute Gasteiger partial charge is 0.277 e. The molecule has 1 heterocycles. The Morgan fingerprint density at radius 1 is 0.933 bits per heavy atom. The first-order chi connectivity index (χ1) is 14.7. The van der Waals surface area contributed by atoms with Gasteiger partial charge in [-0.05, 0) is 60.7 Å². The third-order valence-corrected chi connectivity index (χ3v) is 5.29. The number of benzene rings is 3. The third kappa shape index (κ3) is 5.49. The van der Waals surface area contributed by atoms with Crippen LogP contribution in [0.1, 0.15) is 0 Å². The molecule has 30 heavy (non-hydrogen) atoms. The van der Waals surface area contributed by atoms with Crippen molar-refractivity contribution in [2.75, 3.05) is 11.1 Å². The highest BCUT2D eigenvalue weighted by molar-refractivity contribution is 9.10. The van der Waals surface area contributed by atoms with Gasteiger partial charge in [0.2, 0.25) is 11.8 Å². The molecule has 0 aliphatic heterocycles. The van der Waals surface area contributed by atoms with E-state index in [1.54, 1.807) is 24.3 Å². The maximum atomic E-state index is 12.2. The number of hydrogen-bond donors (Lipinski definition) is 1. The first kappa shape index (κ1) is 20.2. The van der Waals surface area contributed by atoms with Gasteiger partial charge in [-0.3, -0.25) is 4.79 Å². The van der Waals surface area contributed by atoms with Crippen LogP contribution >= 0.6 is 27.7 Å². The number of carbonyl (C=O) groups excluding carboxylic acids is 1. The molecular formula is C22H16BrN3O3S. The van der Waals surface area contributed by atoms with E-state index >= 15 is 0 Å². The lowest BCUT2D eigenvalue weighted by atomic mass is 10.2. The molecule has 1 amide bonds. The van der Waals surface area contributed by atoms with Gasteiger partial charge in [0.15, 0.2) is 0 Å². The van der Waals surface area contributed by atoms with Crippen molar-refractivity contribution < 1.29 is 13.9 Å². The van der Waals surface area contributed by atoms with Crippen LogP contribution in [0.25, 0.3) is 11.5 Å². The van der Waals surface area contributed by atoms with Crippen molar-refractivity contribution in [3.05, 3.63) is 83.3 Å². The Morgan fingerprint density at radius 2 is 1.60 bits per heavy atom. The van der Waals surface area contributed by atoms with E-state index in [-0.39, 0.29) is 11.7 Å². The number of amides is 1. The molecule has 6 nitrogen and oxygen atoms in total. The fraction of sp³-hybridized carbons (Fsp3) is 0.0455. The Bertz CT molecular complexity index is 1120. The zero-order chi connectivity index (χ0) is 20.8. The predicted molar refractivity (Wildman–Crippen MR) is 120 cm³/mol. The SMILES string of the molecule is O=C(CSc1nnc(-c2ccccc2)o1)Nc1ccc(Oc2ccc(Br)cc2)cc1. The number of halogens is 1. The molecule has 0 atom stereocenters. The highest BCUT2D eigenvalue weighted by Crippen LogP contribution is 2.25. The van der Waals surface area contributed by atoms with Gasteiger partial charge in [-0.2, -0.15) is 0 Å². The molecular weight excluding hydrogens is 466 g/mol. The molecule has 3 aromatic carbocycles. The number of anilines is 1. The van der Waals surface area contributed by atoms with Gasteiger partial charge in [-0.15, -0.1) is 10.2 Å². The van der Waals surface area contributed by atoms with E-state index in [1.807, 2.05) is 54.6 Å². The summed E-state index contributed by atoms with van der Waals surface area (Å²) in [5.74, 6) is 1.85. The van der Waals surface area contributed by atoms with Crippen LogP contribution < -0.4 is 10.1 Å². The van der Waals surface area contributed by atoms with Gasteiger partial charge in [-0.25, -0.2) is 0 Å². The normalized spacial score (nSPS) is 10.6. The zero-order valence-corrected chi connectivity index (χ0v) is 18.0. The quantitative estimate of drug-likeness (QED) is 0.325. The molecule has 0 bridgehead atoms. The molecule has 4 aromatic rings. The molecule has 0 fully saturated rings. The average molecular weight is 482 g/mol. The molecule has 4 rings (SSSR count). The highest BCUT2D eigenvalue weighted by atomic mass is 79.9. The van der Waals surface area contributed by atoms with Crippen LogP contribution in [0.2, 0.25) is 0 Å². The van der Waals surface area contributed by atoms with Gasteiger partial charge >= 0.3 is 0 Å². The van der Waals surface area contributed by atoms with Gasteiger partial charge < -0.3 is 14.5 Å². The minimum Gasteiger partial charge on any atom is -0.457 e. The second-order valence-corrected chi connectivity index (χ2v) is 8.00. The maximum absolute atomic E-state index is 12.2. The lowest BCUT2D eigenvalue weighted by Gasteiger charge is -2.08. The van der Waals surface area contributed by atoms with Crippen LogP contribution in [-0.4, -0.2) is 21.9 Å². The summed E-state index contributed by atoms with van der Waals surface area (Å²) in [5.41, 5.74) is 1.52. The Hall–Kier alpha value is -3.10. The van der Waals surface area contributed by atoms with Gasteiger partial charge in [0.25, 0.3) is 5.22 Å². The van der Waals surface area contributed by atoms with Crippen molar-refractivity contribution in [1.82, 2.24) is 10.2 Å². The number of carbonyl (C=O) groups is 1. The summed E-state index contributed by atoms with van der Waals surface area (Å²) in [4.78, 5) is 12.2. The van der Waals surface area contributed by atoms with Crippen LogP contribution in [0.5, 0.6) is 11.5 Å². The van der Waals surface area contributed by atoms with E-state index in [0.29, 0.717) is 22.6 Å². The molecule has 0 saturated carbocycles. The minimum atomic E-state index is -0.166. The molecule has 150 valence electrons. The summed E-state index contributed by atoms with van der Waals surface area (Å²) < 4.78 is 12.4. The van der Waals surface area contributed by atoms with E-state index in [1.165, 1.54) is 11.8 Å². The molecule has 0 unspecified atom stereocenters. The first-order valence-electron chi connectivity index (χ1n) is 9.01. The van der Waals surface area contributed by atoms with Crippen LogP contribution in [0.4, 0.5) is 5.69 Å². The topological polar surface area (TPSA) is 77.2 Å². The third-order valence-electron chi connectivity index (χ3n) is 3.94. The number of thioether (sulfide) groups is 1. The largest absolute Gasteiger partial charge is 0.457 e. The van der Waals surface area contributed by atoms with Crippen molar-refractivity contribution in [3.8, 4) is 23.0 Å². The highest BCUT2D eigenvalue weighted by Gasteiger charge is 2.11. The minimum absolute atomic E-state index is 0.160. The number of aromatic nitrogens is 2. The Balaban J connectivity index is 1.28. The van der Waals surface area contributed by atoms with Gasteiger partial charge in [0.1, 0.15) is 11.5 Å². The van der Waals surface area contributed by atoms with E-state index in [9.17, 15) is 4.79 Å². The van der Waals surface area contributed by atoms with E-state index in [2.05, 4.69) is 31.4 Å². The molecule has 8 heteroatoms. The van der Waals surface area contributed by atoms with Gasteiger partial charge in [0, 0.05) is 15.7 Å². The molecule has 1 N–H and O–H groups in total. The number of nitrogens with one attached hydrogen (secondary N) is 1. The van der Waals surface area contributed by atoms with Crippen LogP contribution in [0.15, 0.2) is 93.0 Å². The van der Waals surface area contributed by atoms with Crippen molar-refractivity contribution in [2.24, 2.45) is 0 Å². The van der Waals surface area contributed by atoms with E-state index < -0.39 is 0 Å². The van der Waals surface area contributed by atoms with Crippen LogP contribution in [-0.2, 0) is 4.79 Å². The van der Waals surface area contributed by atoms with Crippen LogP contribution in [0, 0.1) is 0 Å². The van der Waals surface area contributed by atoms with E-state index in [0.717, 1.165) is 15.8 Å². The van der Waals surface area contributed by atoms with Crippen molar-refractivity contribution >= 4 is 39.3 Å². The molecule has 0 aliphatic carbocycles. The fourth-order valence-electron chi connectivity index (χ4n) is 2.53. The number of nitrogens with zero attached hydrogens (tertiary/aromatic N) is 2. The standard InChI is InChI=1S/C22H16BrN3O3S/c23-16-6-10-18(11-7-16)28-19-12-8-17(9-13-19)24-20(27)14-30-22-26-25-21(29-22)15-4-2-1-3-5-15/h1-13H,14H2,(H,24,27). The fourth-order valence-corrected chi connectivity index (χ4v) is 3.36. The Labute approximate surface area is 185 Å². The Kier molecular flexibility index (Phi) is 6.46. The van der Waals surface area contributed by atoms with Gasteiger partial charge in [-0.1, -0.05) is 45.9 Å². The first-order valence-corrected chi connectivity index (χ1v) is 10.8. The average Bonchev–Trinajstić information content (AvgIpc) is 3.25. The predicted octanol–water partition coefficient (Wildman–Crippen LogP) is 6.02. The lowest BCUT2D eigenvalue weighted by Crippen LogP contribution is -2.13. The second-order valence-electron chi connectivity index (χ2n) is 6.16. The van der Waals surface area contributed by atoms with Crippen molar-refractivity contribution in [2.45, 2.75) is 5.22 Å². The summed E-state index contributed by atoms with van der Waals surface area (Å²) in [6.45, 7) is 0. The van der Waals surface area contributed by atoms with Gasteiger partial charge in [0.05, 0.1) is 5.75 Å². The zero-order valence-electron chi connectivity index (χ0n) is 15.6. The van der Waals surface area contributed by atoms with Crippen molar-refractivity contribution in [3.63, 3.8) is 0 Å². The molecule has 0 radical (unpaired) electrons. The number of hydrogen-bond acceptors (Lipinski definition) is 6. The Morgan fingerprint density at radius 3 is 2.30 bits per heavy atom. The number of ether oxygens (including phenoxy) is 1. The summed E-state index contributed by atoms with van der Waals surface area (Å²) in [5, 5.41) is 11.2. The number of rotatable bonds is 7. The second kappa shape index (κ2) is 9.60. The maximum Gasteiger partial charge on any atom is 0.277 e. The monoisotopic (exact) mass is 481 g/mol. The summed E-state index contributed by atoms with van der Waals surface area (Å²) in [7, 11) is 0. The molecule has 0 saturated heterocycles. The summed E-state index contributed by atoms with van der Waals surface area (Å²) in [6.07, 6.45) is 0. The van der Waals surface area contributed by atoms with E-state index in [4.69, 9.17) is 9.15 Å². The summed E-state index contributed by atoms with van der Waals surface area (Å²) >= 11 is 4.58. The summed E-state index contributed by atoms with van der Waals surface area (Å²) in [6, 6.07) is 24.2. The molecule has 1 aromatic heterocycles. The lowest BCUT2D eigenvalue weighted by molar-refractivity contribution is -0.113. The molecule has 0 aliphatic rings.